The van der Waals surface area contributed by atoms with Gasteiger partial charge in [0, 0.05) is 13.2 Å². The van der Waals surface area contributed by atoms with Gasteiger partial charge < -0.3 is 18.6 Å². The second kappa shape index (κ2) is 13.8. The maximum Gasteiger partial charge on any atom is 0.192 e. The highest BCUT2D eigenvalue weighted by Gasteiger charge is 2.38. The summed E-state index contributed by atoms with van der Waals surface area (Å²) in [6.07, 6.45) is 10.8. The SMILES string of the molecule is COCO[C@@H]1C[C@@H](COCc2ccccc2)[C@H](/C=C\CCC[C@H](C)O[Si](C)(C)C(C)(C)C)C1. The lowest BCUT2D eigenvalue weighted by atomic mass is 9.96. The molecular formula is C28H48O4Si. The summed E-state index contributed by atoms with van der Waals surface area (Å²) < 4.78 is 23.6. The first-order valence-electron chi connectivity index (χ1n) is 12.7. The summed E-state index contributed by atoms with van der Waals surface area (Å²) in [5.74, 6) is 0.996. The van der Waals surface area contributed by atoms with E-state index in [0.717, 1.165) is 38.7 Å². The molecule has 1 aliphatic rings. The van der Waals surface area contributed by atoms with Crippen LogP contribution in [0.4, 0.5) is 0 Å². The van der Waals surface area contributed by atoms with E-state index in [4.69, 9.17) is 18.6 Å². The van der Waals surface area contributed by atoms with Gasteiger partial charge in [-0.1, -0.05) is 63.3 Å². The Labute approximate surface area is 204 Å². The highest BCUT2D eigenvalue weighted by Crippen LogP contribution is 2.38. The molecule has 0 heterocycles. The fraction of sp³-hybridized carbons (Fsp3) is 0.714. The van der Waals surface area contributed by atoms with Gasteiger partial charge in [-0.15, -0.1) is 0 Å². The second-order valence-corrected chi connectivity index (χ2v) is 15.9. The van der Waals surface area contributed by atoms with E-state index in [9.17, 15) is 0 Å². The molecule has 0 N–H and O–H groups in total. The van der Waals surface area contributed by atoms with Gasteiger partial charge in [-0.2, -0.15) is 0 Å². The molecule has 2 rings (SSSR count). The number of allylic oxidation sites excluding steroid dienone is 2. The Morgan fingerprint density at radius 3 is 2.52 bits per heavy atom. The van der Waals surface area contributed by atoms with Crippen LogP contribution in [0.2, 0.25) is 18.1 Å². The van der Waals surface area contributed by atoms with E-state index in [2.05, 4.69) is 77.2 Å². The molecular weight excluding hydrogens is 428 g/mol. The predicted molar refractivity (Wildman–Crippen MR) is 140 cm³/mol. The predicted octanol–water partition coefficient (Wildman–Crippen LogP) is 7.36. The van der Waals surface area contributed by atoms with Crippen LogP contribution in [-0.2, 0) is 25.2 Å². The number of methoxy groups -OCH3 is 1. The van der Waals surface area contributed by atoms with E-state index in [1.165, 1.54) is 5.56 Å². The fourth-order valence-electron chi connectivity index (χ4n) is 4.27. The van der Waals surface area contributed by atoms with Crippen LogP contribution in [0, 0.1) is 11.8 Å². The van der Waals surface area contributed by atoms with Gasteiger partial charge in [-0.3, -0.25) is 0 Å². The lowest BCUT2D eigenvalue weighted by Gasteiger charge is -2.38. The Balaban J connectivity index is 1.78. The molecule has 0 unspecified atom stereocenters. The molecule has 0 spiro atoms. The molecule has 0 aliphatic heterocycles. The van der Waals surface area contributed by atoms with Crippen molar-refractivity contribution in [3.63, 3.8) is 0 Å². The number of rotatable bonds is 14. The molecule has 0 bridgehead atoms. The monoisotopic (exact) mass is 476 g/mol. The quantitative estimate of drug-likeness (QED) is 0.122. The maximum atomic E-state index is 6.50. The maximum absolute atomic E-state index is 6.50. The van der Waals surface area contributed by atoms with Gasteiger partial charge in [0.05, 0.1) is 19.3 Å². The summed E-state index contributed by atoms with van der Waals surface area (Å²) >= 11 is 0. The van der Waals surface area contributed by atoms with Crippen molar-refractivity contribution >= 4 is 8.32 Å². The van der Waals surface area contributed by atoms with E-state index in [1.54, 1.807) is 7.11 Å². The van der Waals surface area contributed by atoms with Crippen molar-refractivity contribution in [1.82, 2.24) is 0 Å². The molecule has 1 aromatic rings. The average Bonchev–Trinajstić information content (AvgIpc) is 3.13. The van der Waals surface area contributed by atoms with Crippen LogP contribution in [0.1, 0.15) is 65.4 Å². The van der Waals surface area contributed by atoms with Crippen LogP contribution >= 0.6 is 0 Å². The first kappa shape index (κ1) is 28.3. The Kier molecular flexibility index (Phi) is 11.8. The third kappa shape index (κ3) is 10.0. The van der Waals surface area contributed by atoms with Crippen LogP contribution < -0.4 is 0 Å². The average molecular weight is 477 g/mol. The van der Waals surface area contributed by atoms with E-state index in [0.29, 0.717) is 31.3 Å². The van der Waals surface area contributed by atoms with Gasteiger partial charge in [0.1, 0.15) is 6.79 Å². The van der Waals surface area contributed by atoms with Crippen molar-refractivity contribution in [2.45, 2.75) is 96.7 Å². The minimum atomic E-state index is -1.68. The first-order chi connectivity index (χ1) is 15.6. The zero-order valence-corrected chi connectivity index (χ0v) is 23.1. The van der Waals surface area contributed by atoms with Crippen LogP contribution in [0.3, 0.4) is 0 Å². The van der Waals surface area contributed by atoms with Gasteiger partial charge in [0.2, 0.25) is 0 Å². The molecule has 4 nitrogen and oxygen atoms in total. The molecule has 33 heavy (non-hydrogen) atoms. The fourth-order valence-corrected chi connectivity index (χ4v) is 5.74. The molecule has 1 fully saturated rings. The van der Waals surface area contributed by atoms with Crippen molar-refractivity contribution in [1.29, 1.82) is 0 Å². The molecule has 188 valence electrons. The third-order valence-corrected chi connectivity index (χ3v) is 11.8. The lowest BCUT2D eigenvalue weighted by Crippen LogP contribution is -2.43. The topological polar surface area (TPSA) is 36.9 Å². The summed E-state index contributed by atoms with van der Waals surface area (Å²) in [6.45, 7) is 15.6. The van der Waals surface area contributed by atoms with Crippen molar-refractivity contribution in [2.75, 3.05) is 20.5 Å². The van der Waals surface area contributed by atoms with Crippen molar-refractivity contribution in [3.05, 3.63) is 48.0 Å². The van der Waals surface area contributed by atoms with Crippen LogP contribution in [0.15, 0.2) is 42.5 Å². The third-order valence-electron chi connectivity index (χ3n) is 7.24. The summed E-state index contributed by atoms with van der Waals surface area (Å²) in [5, 5.41) is 0.267. The zero-order valence-electron chi connectivity index (χ0n) is 22.1. The standard InChI is InChI=1S/C28H48O4Si/c1-23(32-33(6,7)28(2,3)4)14-10-8-13-17-25-18-27(31-22-29-5)19-26(25)21-30-20-24-15-11-9-12-16-24/h9,11-13,15-17,23,25-27H,8,10,14,18-22H2,1-7H3/b17-13-/t23-,25+,26-,27-/m0/s1. The Morgan fingerprint density at radius 2 is 1.85 bits per heavy atom. The number of ether oxygens (including phenoxy) is 3. The van der Waals surface area contributed by atoms with Gasteiger partial charge in [0.15, 0.2) is 8.32 Å². The highest BCUT2D eigenvalue weighted by atomic mass is 28.4. The smallest absolute Gasteiger partial charge is 0.192 e. The number of benzene rings is 1. The number of hydrogen-bond donors (Lipinski definition) is 0. The minimum absolute atomic E-state index is 0.253. The largest absolute Gasteiger partial charge is 0.414 e. The zero-order chi connectivity index (χ0) is 24.3. The van der Waals surface area contributed by atoms with E-state index in [-0.39, 0.29) is 11.1 Å². The van der Waals surface area contributed by atoms with Crippen LogP contribution in [-0.4, -0.2) is 41.0 Å². The van der Waals surface area contributed by atoms with Crippen LogP contribution in [0.25, 0.3) is 0 Å². The molecule has 4 atom stereocenters. The lowest BCUT2D eigenvalue weighted by molar-refractivity contribution is -0.0711. The van der Waals surface area contributed by atoms with Gasteiger partial charge in [-0.05, 0) is 74.6 Å². The number of hydrogen-bond acceptors (Lipinski definition) is 4. The molecule has 0 aromatic heterocycles. The van der Waals surface area contributed by atoms with Gasteiger partial charge in [-0.25, -0.2) is 0 Å². The van der Waals surface area contributed by atoms with Gasteiger partial charge >= 0.3 is 0 Å². The van der Waals surface area contributed by atoms with Crippen LogP contribution in [0.5, 0.6) is 0 Å². The van der Waals surface area contributed by atoms with Crippen molar-refractivity contribution in [3.8, 4) is 0 Å². The normalized spacial score (nSPS) is 22.8. The molecule has 0 amide bonds. The van der Waals surface area contributed by atoms with Gasteiger partial charge in [0.25, 0.3) is 0 Å². The number of unbranched alkanes of at least 4 members (excludes halogenated alkanes) is 1. The molecule has 1 saturated carbocycles. The van der Waals surface area contributed by atoms with Crippen molar-refractivity contribution < 1.29 is 18.6 Å². The minimum Gasteiger partial charge on any atom is -0.414 e. The molecule has 0 radical (unpaired) electrons. The summed E-state index contributed by atoms with van der Waals surface area (Å²) in [4.78, 5) is 0. The van der Waals surface area contributed by atoms with E-state index in [1.807, 2.05) is 6.07 Å². The van der Waals surface area contributed by atoms with Crippen molar-refractivity contribution in [2.24, 2.45) is 11.8 Å². The molecule has 5 heteroatoms. The Bertz CT molecular complexity index is 683. The van der Waals surface area contributed by atoms with E-state index >= 15 is 0 Å². The summed E-state index contributed by atoms with van der Waals surface area (Å²) in [6, 6.07) is 10.4. The second-order valence-electron chi connectivity index (χ2n) is 11.1. The molecule has 1 aromatic carbocycles. The Morgan fingerprint density at radius 1 is 1.12 bits per heavy atom. The summed E-state index contributed by atoms with van der Waals surface area (Å²) in [7, 11) is 0.00394. The summed E-state index contributed by atoms with van der Waals surface area (Å²) in [5.41, 5.74) is 1.23. The first-order valence-corrected chi connectivity index (χ1v) is 15.6. The van der Waals surface area contributed by atoms with E-state index < -0.39 is 8.32 Å². The molecule has 1 aliphatic carbocycles. The molecule has 0 saturated heterocycles. The Hall–Kier alpha value is -0.983. The highest BCUT2D eigenvalue weighted by molar-refractivity contribution is 6.74.